The molecule has 2 saturated heterocycles. The standard InChI is InChI=1S/C14H17NO5/c16-10-7-18-13-11(8-19-12(10)13)20-14(17)15-6-9-4-2-1-3-5-9/h1-5,10-13,16H,6-8H2,(H,15,17)/t10-,11+,12-,13-/m1/s1. The molecule has 2 N–H and O–H groups in total. The van der Waals surface area contributed by atoms with Gasteiger partial charge in [-0.1, -0.05) is 30.3 Å². The van der Waals surface area contributed by atoms with Gasteiger partial charge in [0.1, 0.15) is 18.3 Å². The predicted molar refractivity (Wildman–Crippen MR) is 69.0 cm³/mol. The fraction of sp³-hybridized carbons (Fsp3) is 0.500. The van der Waals surface area contributed by atoms with E-state index >= 15 is 0 Å². The predicted octanol–water partition coefficient (Wildman–Crippen LogP) is 0.440. The van der Waals surface area contributed by atoms with Crippen molar-refractivity contribution in [1.82, 2.24) is 5.32 Å². The number of hydrogen-bond acceptors (Lipinski definition) is 5. The van der Waals surface area contributed by atoms with Crippen molar-refractivity contribution in [3.63, 3.8) is 0 Å². The minimum Gasteiger partial charge on any atom is -0.441 e. The van der Waals surface area contributed by atoms with E-state index in [2.05, 4.69) is 5.32 Å². The highest BCUT2D eigenvalue weighted by atomic mass is 16.6. The number of amides is 1. The van der Waals surface area contributed by atoms with Crippen molar-refractivity contribution in [3.8, 4) is 0 Å². The molecule has 0 radical (unpaired) electrons. The average molecular weight is 279 g/mol. The Hall–Kier alpha value is -1.63. The molecule has 3 rings (SSSR count). The maximum absolute atomic E-state index is 11.7. The fourth-order valence-electron chi connectivity index (χ4n) is 2.49. The van der Waals surface area contributed by atoms with Crippen molar-refractivity contribution < 1.29 is 24.1 Å². The number of nitrogens with one attached hydrogen (secondary N) is 1. The molecule has 4 atom stereocenters. The highest BCUT2D eigenvalue weighted by Gasteiger charge is 2.48. The number of ether oxygens (including phenoxy) is 3. The summed E-state index contributed by atoms with van der Waals surface area (Å²) in [4.78, 5) is 11.7. The first-order chi connectivity index (χ1) is 9.74. The zero-order valence-corrected chi connectivity index (χ0v) is 10.9. The summed E-state index contributed by atoms with van der Waals surface area (Å²) in [5, 5.41) is 12.3. The van der Waals surface area contributed by atoms with E-state index < -0.39 is 18.3 Å². The summed E-state index contributed by atoms with van der Waals surface area (Å²) in [6, 6.07) is 9.58. The average Bonchev–Trinajstić information content (AvgIpc) is 3.02. The van der Waals surface area contributed by atoms with Gasteiger partial charge in [-0.05, 0) is 5.56 Å². The van der Waals surface area contributed by atoms with Gasteiger partial charge in [-0.25, -0.2) is 4.79 Å². The normalized spacial score (nSPS) is 31.9. The van der Waals surface area contributed by atoms with E-state index in [0.717, 1.165) is 5.56 Å². The van der Waals surface area contributed by atoms with Gasteiger partial charge >= 0.3 is 6.09 Å². The third-order valence-electron chi connectivity index (χ3n) is 3.52. The van der Waals surface area contributed by atoms with Gasteiger partial charge in [0.05, 0.1) is 13.2 Å². The van der Waals surface area contributed by atoms with Gasteiger partial charge in [0, 0.05) is 6.54 Å². The van der Waals surface area contributed by atoms with Gasteiger partial charge in [-0.15, -0.1) is 0 Å². The SMILES string of the molecule is O=C(NCc1ccccc1)O[C@H]1CO[C@H]2[C@@H]1OC[C@H]2O. The zero-order valence-electron chi connectivity index (χ0n) is 10.9. The van der Waals surface area contributed by atoms with Crippen LogP contribution in [0.2, 0.25) is 0 Å². The quantitative estimate of drug-likeness (QED) is 0.839. The van der Waals surface area contributed by atoms with Crippen molar-refractivity contribution in [3.05, 3.63) is 35.9 Å². The Morgan fingerprint density at radius 3 is 2.80 bits per heavy atom. The Bertz CT molecular complexity index is 466. The molecule has 1 amide bonds. The highest BCUT2D eigenvalue weighted by Crippen LogP contribution is 2.28. The van der Waals surface area contributed by atoms with Crippen molar-refractivity contribution in [2.75, 3.05) is 13.2 Å². The molecule has 2 aliphatic rings. The number of aliphatic hydroxyl groups excluding tert-OH is 1. The molecule has 108 valence electrons. The summed E-state index contributed by atoms with van der Waals surface area (Å²) < 4.78 is 16.1. The van der Waals surface area contributed by atoms with E-state index in [9.17, 15) is 9.90 Å². The molecule has 1 aromatic rings. The Morgan fingerprint density at radius 2 is 2.00 bits per heavy atom. The molecule has 0 unspecified atom stereocenters. The van der Waals surface area contributed by atoms with Crippen LogP contribution in [0.5, 0.6) is 0 Å². The molecule has 0 bridgehead atoms. The van der Waals surface area contributed by atoms with Crippen molar-refractivity contribution in [2.24, 2.45) is 0 Å². The van der Waals surface area contributed by atoms with Crippen molar-refractivity contribution in [1.29, 1.82) is 0 Å². The lowest BCUT2D eigenvalue weighted by Crippen LogP contribution is -2.37. The van der Waals surface area contributed by atoms with Crippen LogP contribution in [0, 0.1) is 0 Å². The molecular weight excluding hydrogens is 262 g/mol. The molecule has 1 aromatic carbocycles. The number of carbonyl (C=O) groups excluding carboxylic acids is 1. The first-order valence-corrected chi connectivity index (χ1v) is 6.64. The maximum Gasteiger partial charge on any atom is 0.407 e. The number of aliphatic hydroxyl groups is 1. The van der Waals surface area contributed by atoms with Crippen LogP contribution in [0.4, 0.5) is 4.79 Å². The van der Waals surface area contributed by atoms with Crippen LogP contribution in [0.15, 0.2) is 30.3 Å². The highest BCUT2D eigenvalue weighted by molar-refractivity contribution is 5.67. The second-order valence-corrected chi connectivity index (χ2v) is 4.95. The number of fused-ring (bicyclic) bond motifs is 1. The molecule has 2 aliphatic heterocycles. The smallest absolute Gasteiger partial charge is 0.407 e. The third-order valence-corrected chi connectivity index (χ3v) is 3.52. The van der Waals surface area contributed by atoms with E-state index in [4.69, 9.17) is 14.2 Å². The molecule has 0 aliphatic carbocycles. The third kappa shape index (κ3) is 2.77. The Morgan fingerprint density at radius 1 is 1.25 bits per heavy atom. The molecule has 0 spiro atoms. The lowest BCUT2D eigenvalue weighted by Gasteiger charge is -2.16. The molecule has 6 heteroatoms. The Balaban J connectivity index is 1.48. The summed E-state index contributed by atoms with van der Waals surface area (Å²) >= 11 is 0. The monoisotopic (exact) mass is 279 g/mol. The molecule has 20 heavy (non-hydrogen) atoms. The zero-order chi connectivity index (χ0) is 13.9. The van der Waals surface area contributed by atoms with E-state index in [1.54, 1.807) is 0 Å². The maximum atomic E-state index is 11.7. The largest absolute Gasteiger partial charge is 0.441 e. The number of rotatable bonds is 3. The van der Waals surface area contributed by atoms with Crippen molar-refractivity contribution >= 4 is 6.09 Å². The van der Waals surface area contributed by atoms with Crippen LogP contribution >= 0.6 is 0 Å². The summed E-state index contributed by atoms with van der Waals surface area (Å²) in [5.74, 6) is 0. The van der Waals surface area contributed by atoms with Gasteiger partial charge in [0.2, 0.25) is 0 Å². The lowest BCUT2D eigenvalue weighted by atomic mass is 10.1. The van der Waals surface area contributed by atoms with Crippen LogP contribution in [0.1, 0.15) is 5.56 Å². The lowest BCUT2D eigenvalue weighted by molar-refractivity contribution is -0.00659. The van der Waals surface area contributed by atoms with Crippen LogP contribution in [0.25, 0.3) is 0 Å². The topological polar surface area (TPSA) is 77.0 Å². The number of carbonyl (C=O) groups is 1. The molecule has 2 fully saturated rings. The molecular formula is C14H17NO5. The van der Waals surface area contributed by atoms with Gasteiger partial charge < -0.3 is 24.6 Å². The van der Waals surface area contributed by atoms with Gasteiger partial charge in [-0.3, -0.25) is 0 Å². The van der Waals surface area contributed by atoms with Crippen molar-refractivity contribution in [2.45, 2.75) is 31.0 Å². The second kappa shape index (κ2) is 5.78. The van der Waals surface area contributed by atoms with Crippen LogP contribution in [0.3, 0.4) is 0 Å². The first kappa shape index (κ1) is 13.4. The van der Waals surface area contributed by atoms with Crippen LogP contribution in [-0.4, -0.2) is 48.8 Å². The van der Waals surface area contributed by atoms with Crippen LogP contribution in [-0.2, 0) is 20.8 Å². The van der Waals surface area contributed by atoms with Gasteiger partial charge in [0.15, 0.2) is 6.10 Å². The number of hydrogen-bond donors (Lipinski definition) is 2. The minimum atomic E-state index is -0.638. The molecule has 0 saturated carbocycles. The van der Waals surface area contributed by atoms with E-state index in [1.807, 2.05) is 30.3 Å². The molecule has 6 nitrogen and oxygen atoms in total. The van der Waals surface area contributed by atoms with E-state index in [0.29, 0.717) is 6.54 Å². The Kier molecular flexibility index (Phi) is 3.86. The summed E-state index contributed by atoms with van der Waals surface area (Å²) in [6.45, 7) is 0.886. The Labute approximate surface area is 116 Å². The summed E-state index contributed by atoms with van der Waals surface area (Å²) in [7, 11) is 0. The fourth-order valence-corrected chi connectivity index (χ4v) is 2.49. The van der Waals surface area contributed by atoms with E-state index in [-0.39, 0.29) is 25.4 Å². The summed E-state index contributed by atoms with van der Waals surface area (Å²) in [5.41, 5.74) is 0.998. The first-order valence-electron chi connectivity index (χ1n) is 6.64. The number of alkyl carbamates (subject to hydrolysis) is 1. The van der Waals surface area contributed by atoms with Gasteiger partial charge in [0.25, 0.3) is 0 Å². The van der Waals surface area contributed by atoms with Crippen LogP contribution < -0.4 is 5.32 Å². The minimum absolute atomic E-state index is 0.223. The molecule has 2 heterocycles. The van der Waals surface area contributed by atoms with E-state index in [1.165, 1.54) is 0 Å². The van der Waals surface area contributed by atoms with Gasteiger partial charge in [-0.2, -0.15) is 0 Å². The second-order valence-electron chi connectivity index (χ2n) is 4.95. The summed E-state index contributed by atoms with van der Waals surface area (Å²) in [6.07, 6.45) is -2.36. The number of benzene rings is 1. The molecule has 0 aromatic heterocycles.